The van der Waals surface area contributed by atoms with Crippen LogP contribution in [-0.2, 0) is 25.7 Å². The van der Waals surface area contributed by atoms with Gasteiger partial charge in [-0.25, -0.2) is 0 Å². The quantitative estimate of drug-likeness (QED) is 0.797. The molecule has 0 heterocycles. The van der Waals surface area contributed by atoms with Gasteiger partial charge in [-0.2, -0.15) is 0 Å². The van der Waals surface area contributed by atoms with Crippen molar-refractivity contribution in [2.45, 2.75) is 53.4 Å². The molecule has 0 aliphatic carbocycles. The van der Waals surface area contributed by atoms with Crippen molar-refractivity contribution in [1.29, 1.82) is 0 Å². The van der Waals surface area contributed by atoms with Gasteiger partial charge in [-0.1, -0.05) is 33.8 Å². The molecular formula is C14H22O. The summed E-state index contributed by atoms with van der Waals surface area (Å²) in [6.45, 7) is 8.57. The Bertz CT molecular complexity index is 340. The van der Waals surface area contributed by atoms with Crippen molar-refractivity contribution in [1.82, 2.24) is 0 Å². The molecule has 1 heteroatoms. The molecule has 1 nitrogen and oxygen atoms in total. The molecular weight excluding hydrogens is 184 g/mol. The predicted octanol–water partition coefficient (Wildman–Crippen LogP) is 3.64. The summed E-state index contributed by atoms with van der Waals surface area (Å²) < 4.78 is 0. The fourth-order valence-electron chi connectivity index (χ4n) is 2.30. The molecule has 0 bridgehead atoms. The molecule has 0 fully saturated rings. The first-order valence-electron chi connectivity index (χ1n) is 6.04. The van der Waals surface area contributed by atoms with Gasteiger partial charge in [0.25, 0.3) is 0 Å². The lowest BCUT2D eigenvalue weighted by Gasteiger charge is -2.16. The average Bonchev–Trinajstić information content (AvgIpc) is 2.28. The average molecular weight is 206 g/mol. The van der Waals surface area contributed by atoms with Crippen molar-refractivity contribution in [2.24, 2.45) is 0 Å². The maximum Gasteiger partial charge on any atom is 0.122 e. The summed E-state index contributed by atoms with van der Waals surface area (Å²) in [6.07, 6.45) is 3.92. The second-order valence-electron chi connectivity index (χ2n) is 3.91. The van der Waals surface area contributed by atoms with Crippen LogP contribution >= 0.6 is 0 Å². The van der Waals surface area contributed by atoms with E-state index in [-0.39, 0.29) is 0 Å². The molecule has 1 aromatic rings. The maximum atomic E-state index is 10.1. The summed E-state index contributed by atoms with van der Waals surface area (Å²) in [4.78, 5) is 0. The Kier molecular flexibility index (Phi) is 4.19. The Morgan fingerprint density at radius 2 is 1.33 bits per heavy atom. The van der Waals surface area contributed by atoms with Gasteiger partial charge in [0.15, 0.2) is 0 Å². The Hall–Kier alpha value is -0.980. The van der Waals surface area contributed by atoms with Crippen LogP contribution in [0.1, 0.15) is 49.9 Å². The zero-order valence-corrected chi connectivity index (χ0v) is 10.4. The van der Waals surface area contributed by atoms with Crippen LogP contribution < -0.4 is 0 Å². The third-order valence-electron chi connectivity index (χ3n) is 3.16. The van der Waals surface area contributed by atoms with Gasteiger partial charge in [0.05, 0.1) is 0 Å². The molecule has 0 amide bonds. The largest absolute Gasteiger partial charge is 0.507 e. The van der Waals surface area contributed by atoms with E-state index in [0.29, 0.717) is 5.75 Å². The Morgan fingerprint density at radius 3 is 1.73 bits per heavy atom. The predicted molar refractivity (Wildman–Crippen MR) is 65.6 cm³/mol. The fourth-order valence-corrected chi connectivity index (χ4v) is 2.30. The normalized spacial score (nSPS) is 10.7. The van der Waals surface area contributed by atoms with E-state index in [0.717, 1.165) is 36.8 Å². The van der Waals surface area contributed by atoms with E-state index in [1.165, 1.54) is 11.1 Å². The lowest BCUT2D eigenvalue weighted by atomic mass is 9.91. The molecule has 1 N–H and O–H groups in total. The molecule has 0 saturated carbocycles. The molecule has 0 saturated heterocycles. The van der Waals surface area contributed by atoms with Crippen molar-refractivity contribution in [3.8, 4) is 5.75 Å². The summed E-state index contributed by atoms with van der Waals surface area (Å²) in [5.74, 6) is 0.536. The van der Waals surface area contributed by atoms with Gasteiger partial charge in [-0.3, -0.25) is 0 Å². The minimum Gasteiger partial charge on any atom is -0.507 e. The lowest BCUT2D eigenvalue weighted by Crippen LogP contribution is -2.01. The number of rotatable bonds is 4. The van der Waals surface area contributed by atoms with E-state index in [2.05, 4.69) is 33.8 Å². The topological polar surface area (TPSA) is 20.2 Å². The number of benzene rings is 1. The minimum absolute atomic E-state index is 0.536. The first-order chi connectivity index (χ1) is 7.19. The summed E-state index contributed by atoms with van der Waals surface area (Å²) in [6, 6.07) is 2.17. The smallest absolute Gasteiger partial charge is 0.122 e. The van der Waals surface area contributed by atoms with Crippen molar-refractivity contribution >= 4 is 0 Å². The lowest BCUT2D eigenvalue weighted by molar-refractivity contribution is 0.461. The third-order valence-corrected chi connectivity index (χ3v) is 3.16. The van der Waals surface area contributed by atoms with Crippen LogP contribution in [0, 0.1) is 0 Å². The highest BCUT2D eigenvalue weighted by Crippen LogP contribution is 2.30. The Balaban J connectivity index is 3.43. The van der Waals surface area contributed by atoms with E-state index < -0.39 is 0 Å². The van der Waals surface area contributed by atoms with Crippen molar-refractivity contribution in [3.05, 3.63) is 28.3 Å². The molecule has 0 aliphatic rings. The standard InChI is InChI=1S/C14H22O/c1-5-10-9-11(6-2)14(15)13(8-4)12(10)7-3/h9,15H,5-8H2,1-4H3. The highest BCUT2D eigenvalue weighted by Gasteiger charge is 2.13. The number of phenols is 1. The number of phenolic OH excluding ortho intramolecular Hbond substituents is 1. The van der Waals surface area contributed by atoms with Gasteiger partial charge in [-0.15, -0.1) is 0 Å². The van der Waals surface area contributed by atoms with Gasteiger partial charge >= 0.3 is 0 Å². The number of hydrogen-bond acceptors (Lipinski definition) is 1. The van der Waals surface area contributed by atoms with E-state index >= 15 is 0 Å². The van der Waals surface area contributed by atoms with E-state index in [1.807, 2.05) is 0 Å². The van der Waals surface area contributed by atoms with Gasteiger partial charge < -0.3 is 5.11 Å². The summed E-state index contributed by atoms with van der Waals surface area (Å²) in [5.41, 5.74) is 5.02. The van der Waals surface area contributed by atoms with E-state index in [9.17, 15) is 5.11 Å². The van der Waals surface area contributed by atoms with E-state index in [1.54, 1.807) is 0 Å². The molecule has 0 spiro atoms. The molecule has 0 aliphatic heterocycles. The Morgan fingerprint density at radius 1 is 0.800 bits per heavy atom. The first kappa shape index (κ1) is 12.1. The summed E-state index contributed by atoms with van der Waals surface area (Å²) in [7, 11) is 0. The number of aromatic hydroxyl groups is 1. The molecule has 0 atom stereocenters. The van der Waals surface area contributed by atoms with Crippen LogP contribution in [0.3, 0.4) is 0 Å². The molecule has 1 rings (SSSR count). The molecule has 0 unspecified atom stereocenters. The van der Waals surface area contributed by atoms with Crippen molar-refractivity contribution in [3.63, 3.8) is 0 Å². The maximum absolute atomic E-state index is 10.1. The van der Waals surface area contributed by atoms with Gasteiger partial charge in [0.1, 0.15) is 5.75 Å². The first-order valence-corrected chi connectivity index (χ1v) is 6.04. The van der Waals surface area contributed by atoms with Gasteiger partial charge in [0.2, 0.25) is 0 Å². The number of hydrogen-bond donors (Lipinski definition) is 1. The second kappa shape index (κ2) is 5.20. The molecule has 84 valence electrons. The fraction of sp³-hybridized carbons (Fsp3) is 0.571. The van der Waals surface area contributed by atoms with Crippen LogP contribution in [0.2, 0.25) is 0 Å². The van der Waals surface area contributed by atoms with Crippen LogP contribution in [0.4, 0.5) is 0 Å². The zero-order valence-electron chi connectivity index (χ0n) is 10.4. The monoisotopic (exact) mass is 206 g/mol. The minimum atomic E-state index is 0.536. The van der Waals surface area contributed by atoms with Crippen LogP contribution in [0.25, 0.3) is 0 Å². The van der Waals surface area contributed by atoms with E-state index in [4.69, 9.17) is 0 Å². The van der Waals surface area contributed by atoms with Gasteiger partial charge in [0, 0.05) is 0 Å². The van der Waals surface area contributed by atoms with Crippen molar-refractivity contribution < 1.29 is 5.11 Å². The van der Waals surface area contributed by atoms with Crippen LogP contribution in [0.5, 0.6) is 5.75 Å². The molecule has 0 aromatic heterocycles. The number of aryl methyl sites for hydroxylation is 2. The van der Waals surface area contributed by atoms with Crippen molar-refractivity contribution in [2.75, 3.05) is 0 Å². The van der Waals surface area contributed by atoms with Gasteiger partial charge in [-0.05, 0) is 47.9 Å². The summed E-state index contributed by atoms with van der Waals surface area (Å²) in [5, 5.41) is 10.1. The zero-order chi connectivity index (χ0) is 11.4. The highest BCUT2D eigenvalue weighted by molar-refractivity contribution is 5.50. The molecule has 15 heavy (non-hydrogen) atoms. The third kappa shape index (κ3) is 2.17. The molecule has 1 aromatic carbocycles. The molecule has 0 radical (unpaired) electrons. The van der Waals surface area contributed by atoms with Crippen LogP contribution in [0.15, 0.2) is 6.07 Å². The second-order valence-corrected chi connectivity index (χ2v) is 3.91. The van der Waals surface area contributed by atoms with Crippen LogP contribution in [-0.4, -0.2) is 5.11 Å². The summed E-state index contributed by atoms with van der Waals surface area (Å²) >= 11 is 0. The Labute approximate surface area is 93.1 Å². The SMILES string of the molecule is CCc1cc(CC)c(CC)c(CC)c1O. The highest BCUT2D eigenvalue weighted by atomic mass is 16.3.